The highest BCUT2D eigenvalue weighted by Crippen LogP contribution is 2.47. The molecule has 43 heavy (non-hydrogen) atoms. The summed E-state index contributed by atoms with van der Waals surface area (Å²) >= 11 is 0. The van der Waals surface area contributed by atoms with Gasteiger partial charge in [-0.05, 0) is 85.4 Å². The van der Waals surface area contributed by atoms with Crippen LogP contribution < -0.4 is 4.74 Å². The highest BCUT2D eigenvalue weighted by atomic mass is 19.4. The number of imidazole rings is 1. The highest BCUT2D eigenvalue weighted by molar-refractivity contribution is 5.68. The lowest BCUT2D eigenvalue weighted by molar-refractivity contribution is -0.137. The molecule has 0 bridgehead atoms. The van der Waals surface area contributed by atoms with Crippen LogP contribution in [0.5, 0.6) is 5.75 Å². The molecule has 11 heteroatoms. The normalized spacial score (nSPS) is 16.9. The van der Waals surface area contributed by atoms with Gasteiger partial charge in [-0.1, -0.05) is 24.3 Å². The van der Waals surface area contributed by atoms with Crippen LogP contribution in [0.25, 0.3) is 18.0 Å². The molecular weight excluding hydrogens is 560 g/mol. The van der Waals surface area contributed by atoms with Crippen LogP contribution in [0.2, 0.25) is 0 Å². The maximum atomic E-state index is 14.9. The van der Waals surface area contributed by atoms with E-state index < -0.39 is 23.0 Å². The Morgan fingerprint density at radius 3 is 2.51 bits per heavy atom. The van der Waals surface area contributed by atoms with E-state index in [0.29, 0.717) is 59.3 Å². The van der Waals surface area contributed by atoms with E-state index in [-0.39, 0.29) is 0 Å². The number of halogens is 4. The molecule has 0 fully saturated rings. The van der Waals surface area contributed by atoms with Gasteiger partial charge in [0.15, 0.2) is 17.4 Å². The number of aryl methyl sites for hydroxylation is 2. The molecule has 2 aromatic carbocycles. The summed E-state index contributed by atoms with van der Waals surface area (Å²) in [6.45, 7) is 4.14. The third kappa shape index (κ3) is 5.09. The number of nitrogens with zero attached hydrogens (tertiary/aromatic N) is 6. The fourth-order valence-electron chi connectivity index (χ4n) is 5.80. The summed E-state index contributed by atoms with van der Waals surface area (Å²) in [6, 6.07) is 11.7. The molecule has 0 amide bonds. The summed E-state index contributed by atoms with van der Waals surface area (Å²) in [4.78, 5) is 13.7. The zero-order valence-corrected chi connectivity index (χ0v) is 23.7. The number of aromatic nitrogens is 6. The first-order chi connectivity index (χ1) is 20.6. The Balaban J connectivity index is 1.42. The van der Waals surface area contributed by atoms with E-state index in [1.54, 1.807) is 47.9 Å². The lowest BCUT2D eigenvalue weighted by atomic mass is 9.68. The molecular formula is C32H28F4N6O. The van der Waals surface area contributed by atoms with Gasteiger partial charge in [0, 0.05) is 18.9 Å². The van der Waals surface area contributed by atoms with Gasteiger partial charge in [-0.15, -0.1) is 0 Å². The van der Waals surface area contributed by atoms with E-state index >= 15 is 0 Å². The van der Waals surface area contributed by atoms with Gasteiger partial charge in [0.05, 0.1) is 23.8 Å². The molecule has 0 N–H and O–H groups in total. The van der Waals surface area contributed by atoms with Crippen LogP contribution in [0.1, 0.15) is 58.0 Å². The number of ether oxygens (including phenoxy) is 1. The number of hydrogen-bond donors (Lipinski definition) is 0. The smallest absolute Gasteiger partial charge is 0.416 e. The summed E-state index contributed by atoms with van der Waals surface area (Å²) in [5, 5.41) is 4.71. The minimum absolute atomic E-state index is 0.392. The average Bonchev–Trinajstić information content (AvgIpc) is 3.63. The number of fused-ring (bicyclic) bond motifs is 1. The summed E-state index contributed by atoms with van der Waals surface area (Å²) in [5.41, 5.74) is 1.52. The number of alkyl halides is 3. The highest BCUT2D eigenvalue weighted by Gasteiger charge is 2.45. The van der Waals surface area contributed by atoms with E-state index in [1.165, 1.54) is 18.2 Å². The molecule has 6 rings (SSSR count). The van der Waals surface area contributed by atoms with E-state index in [4.69, 9.17) is 14.8 Å². The monoisotopic (exact) mass is 588 g/mol. The van der Waals surface area contributed by atoms with E-state index in [0.717, 1.165) is 23.4 Å². The van der Waals surface area contributed by atoms with Crippen molar-refractivity contribution in [2.24, 2.45) is 0 Å². The molecule has 0 aliphatic carbocycles. The van der Waals surface area contributed by atoms with Gasteiger partial charge in [0.25, 0.3) is 0 Å². The van der Waals surface area contributed by atoms with Crippen molar-refractivity contribution in [1.29, 1.82) is 0 Å². The van der Waals surface area contributed by atoms with Gasteiger partial charge in [-0.3, -0.25) is 4.57 Å². The first-order valence-electron chi connectivity index (χ1n) is 13.7. The van der Waals surface area contributed by atoms with Crippen LogP contribution in [-0.2, 0) is 18.1 Å². The Kier molecular flexibility index (Phi) is 7.11. The quantitative estimate of drug-likeness (QED) is 0.201. The van der Waals surface area contributed by atoms with Crippen LogP contribution in [-0.4, -0.2) is 36.4 Å². The molecule has 0 saturated carbocycles. The van der Waals surface area contributed by atoms with Crippen molar-refractivity contribution in [3.8, 4) is 11.6 Å². The zero-order valence-electron chi connectivity index (χ0n) is 23.7. The van der Waals surface area contributed by atoms with Crippen molar-refractivity contribution in [2.45, 2.75) is 44.8 Å². The van der Waals surface area contributed by atoms with Crippen molar-refractivity contribution in [3.63, 3.8) is 0 Å². The van der Waals surface area contributed by atoms with Gasteiger partial charge in [0.1, 0.15) is 18.0 Å². The second kappa shape index (κ2) is 10.8. The molecule has 0 unspecified atom stereocenters. The maximum absolute atomic E-state index is 14.9. The number of hydrogen-bond acceptors (Lipinski definition) is 5. The Morgan fingerprint density at radius 1 is 1.02 bits per heavy atom. The van der Waals surface area contributed by atoms with Gasteiger partial charge in [0.2, 0.25) is 0 Å². The molecule has 7 nitrogen and oxygen atoms in total. The third-order valence-electron chi connectivity index (χ3n) is 7.88. The number of methoxy groups -OCH3 is 1. The van der Waals surface area contributed by atoms with E-state index in [9.17, 15) is 17.6 Å². The van der Waals surface area contributed by atoms with Crippen molar-refractivity contribution < 1.29 is 22.3 Å². The standard InChI is InChI=1S/C32H28F4N6O/c1-20-18-41(19-38-20)29-27(43-3)16-22(17-37-29)8-13-28-39-30-31(14-5-15-42(30)40-28,25-6-4-7-26(33)21(25)2)23-9-11-24(12-10-23)32(34,35)36/h4,6-13,16-19H,5,14-15H2,1-3H3/b13-8+/t31-/m0/s1. The average molecular weight is 589 g/mol. The Labute approximate surface area is 245 Å². The van der Waals surface area contributed by atoms with Crippen LogP contribution in [0.3, 0.4) is 0 Å². The van der Waals surface area contributed by atoms with Gasteiger partial charge < -0.3 is 4.74 Å². The topological polar surface area (TPSA) is 70.7 Å². The number of pyridine rings is 1. The lowest BCUT2D eigenvalue weighted by Gasteiger charge is -2.38. The largest absolute Gasteiger partial charge is 0.493 e. The molecule has 5 aromatic rings. The predicted molar refractivity (Wildman–Crippen MR) is 153 cm³/mol. The summed E-state index contributed by atoms with van der Waals surface area (Å²) in [6.07, 6.45) is 5.50. The van der Waals surface area contributed by atoms with Gasteiger partial charge >= 0.3 is 6.18 Å². The lowest BCUT2D eigenvalue weighted by Crippen LogP contribution is -2.38. The molecule has 1 atom stereocenters. The first kappa shape index (κ1) is 28.3. The first-order valence-corrected chi connectivity index (χ1v) is 13.7. The van der Waals surface area contributed by atoms with E-state index in [2.05, 4.69) is 9.97 Å². The minimum Gasteiger partial charge on any atom is -0.493 e. The van der Waals surface area contributed by atoms with Gasteiger partial charge in [-0.25, -0.2) is 24.0 Å². The molecule has 1 aliphatic heterocycles. The fourth-order valence-corrected chi connectivity index (χ4v) is 5.80. The molecule has 220 valence electrons. The van der Waals surface area contributed by atoms with Crippen LogP contribution in [0.4, 0.5) is 17.6 Å². The van der Waals surface area contributed by atoms with Crippen LogP contribution >= 0.6 is 0 Å². The van der Waals surface area contributed by atoms with Gasteiger partial charge in [-0.2, -0.15) is 18.3 Å². The maximum Gasteiger partial charge on any atom is 0.416 e. The number of benzene rings is 2. The third-order valence-corrected chi connectivity index (χ3v) is 7.88. The number of rotatable bonds is 6. The summed E-state index contributed by atoms with van der Waals surface area (Å²) < 4.78 is 64.3. The van der Waals surface area contributed by atoms with Crippen molar-refractivity contribution in [1.82, 2.24) is 29.3 Å². The minimum atomic E-state index is -4.47. The van der Waals surface area contributed by atoms with Crippen molar-refractivity contribution >= 4 is 12.2 Å². The molecule has 0 radical (unpaired) electrons. The summed E-state index contributed by atoms with van der Waals surface area (Å²) in [7, 11) is 1.57. The van der Waals surface area contributed by atoms with E-state index in [1.807, 2.05) is 31.3 Å². The zero-order chi connectivity index (χ0) is 30.4. The molecule has 4 heterocycles. The molecule has 0 saturated heterocycles. The molecule has 1 aliphatic rings. The Morgan fingerprint density at radius 2 is 1.81 bits per heavy atom. The predicted octanol–water partition coefficient (Wildman–Crippen LogP) is 6.94. The van der Waals surface area contributed by atoms with Crippen LogP contribution in [0.15, 0.2) is 67.3 Å². The second-order valence-corrected chi connectivity index (χ2v) is 10.6. The SMILES string of the molecule is COc1cc(/C=C/c2nc3n(n2)CCC[C@]3(c2ccc(C(F)(F)F)cc2)c2cccc(F)c2C)cnc1-n1cnc(C)c1. The fraction of sp³-hybridized carbons (Fsp3) is 0.250. The van der Waals surface area contributed by atoms with Crippen LogP contribution in [0, 0.1) is 19.7 Å². The summed E-state index contributed by atoms with van der Waals surface area (Å²) in [5.74, 6) is 1.72. The van der Waals surface area contributed by atoms with Crippen molar-refractivity contribution in [2.75, 3.05) is 7.11 Å². The molecule has 0 spiro atoms. The molecule has 3 aromatic heterocycles. The Bertz CT molecular complexity index is 1820. The second-order valence-electron chi connectivity index (χ2n) is 10.6. The van der Waals surface area contributed by atoms with Crippen molar-refractivity contribution in [3.05, 3.63) is 118 Å². The Hall–Kier alpha value is -4.80.